The van der Waals surface area contributed by atoms with Gasteiger partial charge in [0.15, 0.2) is 0 Å². The standard InChI is InChI=1S/C21H25Cl2NO2/c1-13-14-7-9-19(24-12-21(2,3)25)15(14)8-10-20(13)26-11-16-17(22)5-4-6-18(16)23/h4-6,8,10,19,24-25H,7,9,11-12H2,1-3H3/t19-/m0/s1. The van der Waals surface area contributed by atoms with Crippen molar-refractivity contribution < 1.29 is 9.84 Å². The molecule has 0 amide bonds. The Balaban J connectivity index is 1.74. The van der Waals surface area contributed by atoms with Crippen LogP contribution in [-0.2, 0) is 13.0 Å². The molecule has 0 bridgehead atoms. The number of halogens is 2. The van der Waals surface area contributed by atoms with Crippen LogP contribution in [0.15, 0.2) is 30.3 Å². The van der Waals surface area contributed by atoms with Gasteiger partial charge in [-0.15, -0.1) is 0 Å². The van der Waals surface area contributed by atoms with Crippen molar-refractivity contribution in [1.29, 1.82) is 0 Å². The highest BCUT2D eigenvalue weighted by Gasteiger charge is 2.26. The van der Waals surface area contributed by atoms with Crippen molar-refractivity contribution in [2.24, 2.45) is 0 Å². The van der Waals surface area contributed by atoms with E-state index in [1.807, 2.05) is 38.1 Å². The Hall–Kier alpha value is -1.26. The lowest BCUT2D eigenvalue weighted by Gasteiger charge is -2.22. The molecule has 1 atom stereocenters. The number of benzene rings is 2. The predicted molar refractivity (Wildman–Crippen MR) is 107 cm³/mol. The van der Waals surface area contributed by atoms with Crippen molar-refractivity contribution in [1.82, 2.24) is 5.32 Å². The topological polar surface area (TPSA) is 41.5 Å². The van der Waals surface area contributed by atoms with Gasteiger partial charge in [-0.1, -0.05) is 35.3 Å². The lowest BCUT2D eigenvalue weighted by atomic mass is 10.0. The molecule has 0 heterocycles. The summed E-state index contributed by atoms with van der Waals surface area (Å²) in [5.41, 5.74) is 3.89. The van der Waals surface area contributed by atoms with Gasteiger partial charge in [0, 0.05) is 28.2 Å². The molecule has 0 aliphatic heterocycles. The quantitative estimate of drug-likeness (QED) is 0.705. The zero-order valence-corrected chi connectivity index (χ0v) is 16.9. The highest BCUT2D eigenvalue weighted by molar-refractivity contribution is 6.35. The van der Waals surface area contributed by atoms with Crippen LogP contribution in [0.25, 0.3) is 0 Å². The molecule has 0 radical (unpaired) electrons. The number of hydrogen-bond donors (Lipinski definition) is 2. The summed E-state index contributed by atoms with van der Waals surface area (Å²) < 4.78 is 6.03. The van der Waals surface area contributed by atoms with Crippen molar-refractivity contribution in [3.8, 4) is 5.75 Å². The van der Waals surface area contributed by atoms with E-state index >= 15 is 0 Å². The summed E-state index contributed by atoms with van der Waals surface area (Å²) in [6.07, 6.45) is 2.04. The third-order valence-corrected chi connectivity index (χ3v) is 5.57. The summed E-state index contributed by atoms with van der Waals surface area (Å²) in [6, 6.07) is 9.89. The normalized spacial score (nSPS) is 16.6. The van der Waals surface area contributed by atoms with E-state index in [9.17, 15) is 5.11 Å². The minimum Gasteiger partial charge on any atom is -0.489 e. The SMILES string of the molecule is Cc1c(OCc2c(Cl)cccc2Cl)ccc2c1CC[C@@H]2NCC(C)(C)O. The molecule has 26 heavy (non-hydrogen) atoms. The predicted octanol–water partition coefficient (Wildman–Crippen LogP) is 5.23. The van der Waals surface area contributed by atoms with Crippen LogP contribution in [0.4, 0.5) is 0 Å². The molecule has 140 valence electrons. The maximum absolute atomic E-state index is 9.94. The summed E-state index contributed by atoms with van der Waals surface area (Å²) in [7, 11) is 0. The van der Waals surface area contributed by atoms with Gasteiger partial charge in [0.1, 0.15) is 12.4 Å². The Bertz CT molecular complexity index is 779. The van der Waals surface area contributed by atoms with Crippen molar-refractivity contribution in [3.63, 3.8) is 0 Å². The van der Waals surface area contributed by atoms with Gasteiger partial charge in [0.05, 0.1) is 5.60 Å². The Kier molecular flexibility index (Phi) is 5.83. The third-order valence-electron chi connectivity index (χ3n) is 4.86. The molecular formula is C21H25Cl2NO2. The maximum Gasteiger partial charge on any atom is 0.123 e. The molecule has 3 rings (SSSR count). The van der Waals surface area contributed by atoms with Gasteiger partial charge in [0.25, 0.3) is 0 Å². The molecule has 1 aliphatic rings. The van der Waals surface area contributed by atoms with Crippen LogP contribution in [-0.4, -0.2) is 17.3 Å². The van der Waals surface area contributed by atoms with Gasteiger partial charge in [-0.05, 0) is 68.5 Å². The van der Waals surface area contributed by atoms with E-state index in [1.165, 1.54) is 16.7 Å². The second-order valence-corrected chi connectivity index (χ2v) is 8.34. The summed E-state index contributed by atoms with van der Waals surface area (Å²) in [5, 5.41) is 14.7. The van der Waals surface area contributed by atoms with Gasteiger partial charge >= 0.3 is 0 Å². The number of aliphatic hydroxyl groups is 1. The molecule has 1 aliphatic carbocycles. The van der Waals surface area contributed by atoms with Crippen LogP contribution >= 0.6 is 23.2 Å². The van der Waals surface area contributed by atoms with Crippen molar-refractivity contribution in [2.45, 2.75) is 51.9 Å². The van der Waals surface area contributed by atoms with Crippen LogP contribution in [0, 0.1) is 6.92 Å². The first-order valence-corrected chi connectivity index (χ1v) is 9.65. The van der Waals surface area contributed by atoms with Crippen LogP contribution < -0.4 is 10.1 Å². The molecule has 5 heteroatoms. The third kappa shape index (κ3) is 4.34. The minimum atomic E-state index is -0.713. The lowest BCUT2D eigenvalue weighted by molar-refractivity contribution is 0.0764. The van der Waals surface area contributed by atoms with Crippen LogP contribution in [0.2, 0.25) is 10.0 Å². The number of rotatable bonds is 6. The second kappa shape index (κ2) is 7.77. The van der Waals surface area contributed by atoms with Gasteiger partial charge in [-0.2, -0.15) is 0 Å². The Morgan fingerprint density at radius 3 is 2.54 bits per heavy atom. The molecule has 3 nitrogen and oxygen atoms in total. The summed E-state index contributed by atoms with van der Waals surface area (Å²) in [6.45, 7) is 6.65. The number of fused-ring (bicyclic) bond motifs is 1. The molecule has 0 unspecified atom stereocenters. The second-order valence-electron chi connectivity index (χ2n) is 7.53. The Morgan fingerprint density at radius 1 is 1.19 bits per heavy atom. The molecule has 0 saturated carbocycles. The average molecular weight is 394 g/mol. The van der Waals surface area contributed by atoms with Crippen LogP contribution in [0.1, 0.15) is 48.6 Å². The van der Waals surface area contributed by atoms with E-state index in [1.54, 1.807) is 0 Å². The van der Waals surface area contributed by atoms with Gasteiger partial charge < -0.3 is 15.2 Å². The molecule has 2 aromatic carbocycles. The monoisotopic (exact) mass is 393 g/mol. The van der Waals surface area contributed by atoms with Crippen LogP contribution in [0.5, 0.6) is 5.75 Å². The zero-order chi connectivity index (χ0) is 18.9. The molecule has 0 aromatic heterocycles. The van der Waals surface area contributed by atoms with Crippen molar-refractivity contribution in [3.05, 3.63) is 62.6 Å². The first kappa shape index (κ1) is 19.5. The van der Waals surface area contributed by atoms with E-state index in [0.717, 1.165) is 24.2 Å². The first-order valence-electron chi connectivity index (χ1n) is 8.90. The lowest BCUT2D eigenvalue weighted by Crippen LogP contribution is -2.36. The van der Waals surface area contributed by atoms with Crippen LogP contribution in [0.3, 0.4) is 0 Å². The fourth-order valence-electron chi connectivity index (χ4n) is 3.42. The largest absolute Gasteiger partial charge is 0.489 e. The summed E-state index contributed by atoms with van der Waals surface area (Å²) in [4.78, 5) is 0. The first-order chi connectivity index (χ1) is 12.3. The smallest absolute Gasteiger partial charge is 0.123 e. The van der Waals surface area contributed by atoms with Gasteiger partial charge in [-0.25, -0.2) is 0 Å². The molecule has 0 spiro atoms. The van der Waals surface area contributed by atoms with Gasteiger partial charge in [0.2, 0.25) is 0 Å². The zero-order valence-electron chi connectivity index (χ0n) is 15.4. The number of ether oxygens (including phenoxy) is 1. The number of nitrogens with one attached hydrogen (secondary N) is 1. The molecule has 2 aromatic rings. The summed E-state index contributed by atoms with van der Waals surface area (Å²) in [5.74, 6) is 0.864. The van der Waals surface area contributed by atoms with E-state index in [-0.39, 0.29) is 6.04 Å². The van der Waals surface area contributed by atoms with Crippen molar-refractivity contribution >= 4 is 23.2 Å². The summed E-state index contributed by atoms with van der Waals surface area (Å²) >= 11 is 12.5. The molecular weight excluding hydrogens is 369 g/mol. The highest BCUT2D eigenvalue weighted by atomic mass is 35.5. The molecule has 2 N–H and O–H groups in total. The Morgan fingerprint density at radius 2 is 1.88 bits per heavy atom. The molecule has 0 fully saturated rings. The Labute approximate surface area is 165 Å². The van der Waals surface area contributed by atoms with E-state index < -0.39 is 5.60 Å². The highest BCUT2D eigenvalue weighted by Crippen LogP contribution is 2.37. The van der Waals surface area contributed by atoms with Crippen molar-refractivity contribution in [2.75, 3.05) is 6.54 Å². The minimum absolute atomic E-state index is 0.280. The molecule has 0 saturated heterocycles. The fourth-order valence-corrected chi connectivity index (χ4v) is 3.93. The van der Waals surface area contributed by atoms with E-state index in [0.29, 0.717) is 23.2 Å². The van der Waals surface area contributed by atoms with E-state index in [2.05, 4.69) is 18.3 Å². The number of hydrogen-bond acceptors (Lipinski definition) is 3. The maximum atomic E-state index is 9.94. The van der Waals surface area contributed by atoms with E-state index in [4.69, 9.17) is 27.9 Å². The average Bonchev–Trinajstić information content (AvgIpc) is 2.97. The fraction of sp³-hybridized carbons (Fsp3) is 0.429. The van der Waals surface area contributed by atoms with Gasteiger partial charge in [-0.3, -0.25) is 0 Å².